The smallest absolute Gasteiger partial charge is 0.167 e. The molecule has 0 amide bonds. The van der Waals surface area contributed by atoms with Crippen molar-refractivity contribution in [2.24, 2.45) is 0 Å². The number of ether oxygens (including phenoxy) is 1. The van der Waals surface area contributed by atoms with Gasteiger partial charge >= 0.3 is 0 Å². The number of hydrogen-bond donors (Lipinski definition) is 3. The normalized spacial score (nSPS) is 22.1. The molecule has 2 aromatic carbocycles. The Morgan fingerprint density at radius 2 is 1.96 bits per heavy atom. The van der Waals surface area contributed by atoms with E-state index in [0.717, 1.165) is 16.5 Å². The molecule has 3 atom stereocenters. The van der Waals surface area contributed by atoms with Gasteiger partial charge in [0.25, 0.3) is 0 Å². The third-order valence-corrected chi connectivity index (χ3v) is 5.10. The molecule has 142 valence electrons. The van der Waals surface area contributed by atoms with Crippen molar-refractivity contribution < 1.29 is 14.9 Å². The minimum atomic E-state index is -0.720. The Morgan fingerprint density at radius 3 is 2.82 bits per heavy atom. The molecule has 1 fully saturated rings. The summed E-state index contributed by atoms with van der Waals surface area (Å²) in [5, 5.41) is 24.9. The van der Waals surface area contributed by atoms with Crippen LogP contribution >= 0.6 is 0 Å². The molecule has 1 saturated heterocycles. The van der Waals surface area contributed by atoms with E-state index in [2.05, 4.69) is 38.5 Å². The second-order valence-corrected chi connectivity index (χ2v) is 6.81. The lowest BCUT2D eigenvalue weighted by atomic mass is 10.1. The second kappa shape index (κ2) is 6.83. The van der Waals surface area contributed by atoms with E-state index in [9.17, 15) is 10.2 Å². The van der Waals surface area contributed by atoms with Crippen molar-refractivity contribution in [2.75, 3.05) is 11.9 Å². The van der Waals surface area contributed by atoms with Gasteiger partial charge in [-0.15, -0.1) is 0 Å². The van der Waals surface area contributed by atoms with Gasteiger partial charge in [-0.25, -0.2) is 15.0 Å². The van der Waals surface area contributed by atoms with Crippen LogP contribution in [0.3, 0.4) is 0 Å². The first-order valence-corrected chi connectivity index (χ1v) is 9.11. The third kappa shape index (κ3) is 2.78. The number of hydrogen-bond acceptors (Lipinski definition) is 7. The van der Waals surface area contributed by atoms with Gasteiger partial charge in [0.1, 0.15) is 18.7 Å². The summed E-state index contributed by atoms with van der Waals surface area (Å²) >= 11 is 0. The van der Waals surface area contributed by atoms with Crippen LogP contribution in [0.15, 0.2) is 55.1 Å². The van der Waals surface area contributed by atoms with Crippen molar-refractivity contribution in [3.05, 3.63) is 55.1 Å². The number of fused-ring (bicyclic) bond motifs is 2. The number of benzene rings is 2. The SMILES string of the molecule is OC[C@H]1O[C@@H](n2cnc3c(Nc4cccc5ccccc45)ncnc32)C[C@@H]1O. The lowest BCUT2D eigenvalue weighted by Crippen LogP contribution is -2.24. The van der Waals surface area contributed by atoms with Gasteiger partial charge in [-0.2, -0.15) is 0 Å². The highest BCUT2D eigenvalue weighted by molar-refractivity contribution is 5.97. The molecular weight excluding hydrogens is 358 g/mol. The fraction of sp³-hybridized carbons (Fsp3) is 0.250. The van der Waals surface area contributed by atoms with Crippen LogP contribution in [-0.2, 0) is 4.74 Å². The maximum Gasteiger partial charge on any atom is 0.167 e. The average Bonchev–Trinajstić information content (AvgIpc) is 3.32. The van der Waals surface area contributed by atoms with Gasteiger partial charge in [-0.05, 0) is 11.5 Å². The van der Waals surface area contributed by atoms with Crippen molar-refractivity contribution in [1.29, 1.82) is 0 Å². The van der Waals surface area contributed by atoms with Crippen molar-refractivity contribution in [3.63, 3.8) is 0 Å². The molecule has 0 unspecified atom stereocenters. The molecule has 3 heterocycles. The quantitative estimate of drug-likeness (QED) is 0.501. The molecule has 0 spiro atoms. The van der Waals surface area contributed by atoms with Crippen LogP contribution in [0.2, 0.25) is 0 Å². The molecule has 5 rings (SSSR count). The number of anilines is 2. The zero-order chi connectivity index (χ0) is 19.1. The fourth-order valence-electron chi connectivity index (χ4n) is 3.67. The Hall–Kier alpha value is -3.07. The molecule has 4 aromatic rings. The molecule has 0 aliphatic carbocycles. The van der Waals surface area contributed by atoms with Crippen molar-refractivity contribution in [2.45, 2.75) is 24.9 Å². The number of nitrogens with one attached hydrogen (secondary N) is 1. The van der Waals surface area contributed by atoms with Crippen LogP contribution in [0.4, 0.5) is 11.5 Å². The summed E-state index contributed by atoms with van der Waals surface area (Å²) < 4.78 is 7.50. The highest BCUT2D eigenvalue weighted by Crippen LogP contribution is 2.33. The summed E-state index contributed by atoms with van der Waals surface area (Å²) in [4.78, 5) is 13.2. The molecule has 8 nitrogen and oxygen atoms in total. The standard InChI is InChI=1S/C20H19N5O3/c26-9-16-15(27)8-17(28-16)25-11-23-18-19(21-10-22-20(18)25)24-14-7-3-5-12-4-1-2-6-13(12)14/h1-7,10-11,15-17,26-27H,8-9H2,(H,21,22,24)/t15-,16+,17+/m0/s1. The predicted molar refractivity (Wildman–Crippen MR) is 104 cm³/mol. The second-order valence-electron chi connectivity index (χ2n) is 6.81. The third-order valence-electron chi connectivity index (χ3n) is 5.10. The molecule has 1 aliphatic heterocycles. The largest absolute Gasteiger partial charge is 0.394 e. The van der Waals surface area contributed by atoms with Crippen LogP contribution in [0.1, 0.15) is 12.6 Å². The molecule has 8 heteroatoms. The van der Waals surface area contributed by atoms with Gasteiger partial charge in [0.2, 0.25) is 0 Å². The maximum atomic E-state index is 10.0. The van der Waals surface area contributed by atoms with Gasteiger partial charge in [0.05, 0.1) is 19.0 Å². The predicted octanol–water partition coefficient (Wildman–Crippen LogP) is 2.36. The van der Waals surface area contributed by atoms with Crippen molar-refractivity contribution >= 4 is 33.4 Å². The van der Waals surface area contributed by atoms with Crippen LogP contribution in [0, 0.1) is 0 Å². The van der Waals surface area contributed by atoms with E-state index >= 15 is 0 Å². The molecule has 0 bridgehead atoms. The number of aliphatic hydroxyl groups excluding tert-OH is 2. The van der Waals surface area contributed by atoms with Crippen LogP contribution in [0.25, 0.3) is 21.9 Å². The summed E-state index contributed by atoms with van der Waals surface area (Å²) in [6.45, 7) is -0.229. The molecule has 1 aliphatic rings. The highest BCUT2D eigenvalue weighted by Gasteiger charge is 2.35. The molecule has 0 saturated carbocycles. The molecule has 2 aromatic heterocycles. The minimum absolute atomic E-state index is 0.229. The summed E-state index contributed by atoms with van der Waals surface area (Å²) in [7, 11) is 0. The number of aromatic nitrogens is 4. The van der Waals surface area contributed by atoms with Crippen LogP contribution < -0.4 is 5.32 Å². The van der Waals surface area contributed by atoms with E-state index in [-0.39, 0.29) is 6.61 Å². The van der Waals surface area contributed by atoms with Crippen LogP contribution in [-0.4, -0.2) is 48.5 Å². The topological polar surface area (TPSA) is 105 Å². The first-order chi connectivity index (χ1) is 13.7. The Bertz CT molecular complexity index is 1140. The number of imidazole rings is 1. The number of aliphatic hydroxyl groups is 2. The van der Waals surface area contributed by atoms with Gasteiger partial charge in [-0.1, -0.05) is 36.4 Å². The van der Waals surface area contributed by atoms with E-state index in [1.807, 2.05) is 24.3 Å². The Kier molecular flexibility index (Phi) is 4.16. The van der Waals surface area contributed by atoms with E-state index in [1.165, 1.54) is 6.33 Å². The van der Waals surface area contributed by atoms with E-state index < -0.39 is 18.4 Å². The summed E-state index contributed by atoms with van der Waals surface area (Å²) in [6.07, 6.45) is 1.72. The van der Waals surface area contributed by atoms with Gasteiger partial charge in [-0.3, -0.25) is 4.57 Å². The van der Waals surface area contributed by atoms with Gasteiger partial charge in [0, 0.05) is 17.5 Å². The number of nitrogens with zero attached hydrogens (tertiary/aromatic N) is 4. The highest BCUT2D eigenvalue weighted by atomic mass is 16.5. The first-order valence-electron chi connectivity index (χ1n) is 9.11. The Labute approximate surface area is 160 Å². The molecule has 28 heavy (non-hydrogen) atoms. The summed E-state index contributed by atoms with van der Waals surface area (Å²) in [6, 6.07) is 14.2. The first kappa shape index (κ1) is 17.1. The van der Waals surface area contributed by atoms with Crippen molar-refractivity contribution in [1.82, 2.24) is 19.5 Å². The zero-order valence-electron chi connectivity index (χ0n) is 14.9. The number of rotatable bonds is 4. The Balaban J connectivity index is 1.52. The maximum absolute atomic E-state index is 10.0. The van der Waals surface area contributed by atoms with E-state index in [0.29, 0.717) is 23.4 Å². The molecule has 3 N–H and O–H groups in total. The monoisotopic (exact) mass is 377 g/mol. The Morgan fingerprint density at radius 1 is 1.11 bits per heavy atom. The van der Waals surface area contributed by atoms with E-state index in [4.69, 9.17) is 4.74 Å². The molecular formula is C20H19N5O3. The minimum Gasteiger partial charge on any atom is -0.394 e. The lowest BCUT2D eigenvalue weighted by molar-refractivity contribution is -0.0432. The van der Waals surface area contributed by atoms with Crippen LogP contribution in [0.5, 0.6) is 0 Å². The lowest BCUT2D eigenvalue weighted by Gasteiger charge is -2.14. The summed E-state index contributed by atoms with van der Waals surface area (Å²) in [5.41, 5.74) is 2.15. The average molecular weight is 377 g/mol. The molecule has 0 radical (unpaired) electrons. The summed E-state index contributed by atoms with van der Waals surface area (Å²) in [5.74, 6) is 0.595. The fourth-order valence-corrected chi connectivity index (χ4v) is 3.67. The van der Waals surface area contributed by atoms with E-state index in [1.54, 1.807) is 10.9 Å². The zero-order valence-corrected chi connectivity index (χ0v) is 14.9. The van der Waals surface area contributed by atoms with Gasteiger partial charge < -0.3 is 20.3 Å². The van der Waals surface area contributed by atoms with Crippen molar-refractivity contribution in [3.8, 4) is 0 Å². The van der Waals surface area contributed by atoms with Gasteiger partial charge in [0.15, 0.2) is 17.0 Å².